The van der Waals surface area contributed by atoms with Gasteiger partial charge in [0.15, 0.2) is 0 Å². The Balaban J connectivity index is 2.14. The van der Waals surface area contributed by atoms with Gasteiger partial charge in [0.1, 0.15) is 0 Å². The average Bonchev–Trinajstić information content (AvgIpc) is 2.55. The van der Waals surface area contributed by atoms with Gasteiger partial charge in [-0.1, -0.05) is 42.1 Å². The van der Waals surface area contributed by atoms with E-state index in [0.717, 1.165) is 20.9 Å². The van der Waals surface area contributed by atoms with E-state index in [1.807, 2.05) is 36.4 Å². The maximum atomic E-state index is 11.4. The minimum Gasteiger partial charge on any atom is -0.225 e. The second-order valence-corrected chi connectivity index (χ2v) is 6.86. The van der Waals surface area contributed by atoms with Crippen LogP contribution >= 0.6 is 11.8 Å². The molecule has 3 nitrogen and oxygen atoms in total. The van der Waals surface area contributed by atoms with Crippen LogP contribution in [-0.4, -0.2) is 8.42 Å². The maximum Gasteiger partial charge on any atom is 0.238 e. The molecule has 2 aromatic carbocycles. The highest BCUT2D eigenvalue weighted by molar-refractivity contribution is 7.99. The summed E-state index contributed by atoms with van der Waals surface area (Å²) in [6.45, 7) is 0. The summed E-state index contributed by atoms with van der Waals surface area (Å²) in [4.78, 5) is 2.32. The molecule has 96 valence electrons. The van der Waals surface area contributed by atoms with Crippen molar-refractivity contribution in [2.75, 3.05) is 0 Å². The molecule has 1 aliphatic rings. The van der Waals surface area contributed by atoms with Gasteiger partial charge in [-0.25, -0.2) is 13.6 Å². The second-order valence-electron chi connectivity index (χ2n) is 4.22. The number of sulfonamides is 1. The van der Waals surface area contributed by atoms with Gasteiger partial charge in [0.25, 0.3) is 0 Å². The second kappa shape index (κ2) is 4.52. The van der Waals surface area contributed by atoms with Crippen LogP contribution < -0.4 is 5.14 Å². The zero-order chi connectivity index (χ0) is 13.5. The molecule has 0 saturated heterocycles. The van der Waals surface area contributed by atoms with Crippen molar-refractivity contribution in [1.29, 1.82) is 0 Å². The normalized spacial score (nSPS) is 13.5. The molecule has 0 unspecified atom stereocenters. The van der Waals surface area contributed by atoms with Crippen molar-refractivity contribution in [3.8, 4) is 0 Å². The first-order valence-electron chi connectivity index (χ1n) is 5.66. The minimum absolute atomic E-state index is 0.141. The Hall–Kier alpha value is -1.56. The van der Waals surface area contributed by atoms with E-state index in [-0.39, 0.29) is 4.90 Å². The molecule has 0 fully saturated rings. The van der Waals surface area contributed by atoms with Crippen LogP contribution in [0.4, 0.5) is 0 Å². The first-order valence-corrected chi connectivity index (χ1v) is 8.02. The lowest BCUT2D eigenvalue weighted by atomic mass is 10.1. The van der Waals surface area contributed by atoms with Gasteiger partial charge in [-0.2, -0.15) is 0 Å². The lowest BCUT2D eigenvalue weighted by Gasteiger charge is -2.06. The Morgan fingerprint density at radius 3 is 2.37 bits per heavy atom. The summed E-state index contributed by atoms with van der Waals surface area (Å²) in [5.74, 6) is 0. The quantitative estimate of drug-likeness (QED) is 0.749. The fourth-order valence-electron chi connectivity index (χ4n) is 1.94. The zero-order valence-corrected chi connectivity index (χ0v) is 11.5. The Labute approximate surface area is 116 Å². The van der Waals surface area contributed by atoms with Crippen molar-refractivity contribution in [3.63, 3.8) is 0 Å². The molecule has 5 heteroatoms. The summed E-state index contributed by atoms with van der Waals surface area (Å²) in [5.41, 5.74) is 1.99. The molecule has 3 rings (SSSR count). The molecule has 0 bridgehead atoms. The van der Waals surface area contributed by atoms with Gasteiger partial charge in [-0.3, -0.25) is 0 Å². The number of benzene rings is 2. The molecule has 19 heavy (non-hydrogen) atoms. The predicted molar refractivity (Wildman–Crippen MR) is 77.3 cm³/mol. The molecule has 2 aromatic rings. The standard InChI is InChI=1S/C14H11NO2S2/c15-19(16,17)12-7-8-14-11(9-12)6-5-10-3-1-2-4-13(10)18-14/h1-9H,(H2,15,16,17). The molecule has 1 heterocycles. The molecule has 0 aromatic heterocycles. The van der Waals surface area contributed by atoms with Crippen LogP contribution in [-0.2, 0) is 10.0 Å². The Kier molecular flexibility index (Phi) is 2.97. The summed E-state index contributed by atoms with van der Waals surface area (Å²) < 4.78 is 22.7. The highest BCUT2D eigenvalue weighted by Gasteiger charge is 2.13. The molecule has 2 N–H and O–H groups in total. The summed E-state index contributed by atoms with van der Waals surface area (Å²) in [6, 6.07) is 13.0. The average molecular weight is 289 g/mol. The zero-order valence-electron chi connectivity index (χ0n) is 9.91. The number of hydrogen-bond donors (Lipinski definition) is 1. The van der Waals surface area contributed by atoms with Crippen LogP contribution in [0, 0.1) is 0 Å². The van der Waals surface area contributed by atoms with Crippen LogP contribution in [0.15, 0.2) is 57.2 Å². The SMILES string of the molecule is NS(=O)(=O)c1ccc2c(c1)C=Cc1ccccc1S2. The minimum atomic E-state index is -3.66. The summed E-state index contributed by atoms with van der Waals surface area (Å²) in [6.07, 6.45) is 3.91. The van der Waals surface area contributed by atoms with E-state index in [9.17, 15) is 8.42 Å². The van der Waals surface area contributed by atoms with Gasteiger partial charge >= 0.3 is 0 Å². The van der Waals surface area contributed by atoms with Crippen molar-refractivity contribution >= 4 is 33.9 Å². The highest BCUT2D eigenvalue weighted by atomic mass is 32.2. The van der Waals surface area contributed by atoms with E-state index in [1.54, 1.807) is 30.0 Å². The van der Waals surface area contributed by atoms with Crippen LogP contribution in [0.5, 0.6) is 0 Å². The lowest BCUT2D eigenvalue weighted by Crippen LogP contribution is -2.12. The van der Waals surface area contributed by atoms with Gasteiger partial charge < -0.3 is 0 Å². The van der Waals surface area contributed by atoms with E-state index >= 15 is 0 Å². The van der Waals surface area contributed by atoms with Crippen molar-refractivity contribution < 1.29 is 8.42 Å². The monoisotopic (exact) mass is 289 g/mol. The Morgan fingerprint density at radius 2 is 1.58 bits per heavy atom. The fraction of sp³-hybridized carbons (Fsp3) is 0. The van der Waals surface area contributed by atoms with Crippen LogP contribution in [0.2, 0.25) is 0 Å². The van der Waals surface area contributed by atoms with E-state index in [1.165, 1.54) is 0 Å². The number of primary sulfonamides is 1. The summed E-state index contributed by atoms with van der Waals surface area (Å²) in [7, 11) is -3.66. The highest BCUT2D eigenvalue weighted by Crippen LogP contribution is 2.37. The molecule has 0 atom stereocenters. The number of nitrogens with two attached hydrogens (primary N) is 1. The van der Waals surface area contributed by atoms with Crippen molar-refractivity contribution in [2.45, 2.75) is 14.7 Å². The topological polar surface area (TPSA) is 60.2 Å². The van der Waals surface area contributed by atoms with Gasteiger partial charge in [0, 0.05) is 9.79 Å². The van der Waals surface area contributed by atoms with Crippen LogP contribution in [0.3, 0.4) is 0 Å². The molecule has 0 amide bonds. The maximum absolute atomic E-state index is 11.4. The van der Waals surface area contributed by atoms with E-state index in [0.29, 0.717) is 0 Å². The van der Waals surface area contributed by atoms with Crippen LogP contribution in [0.25, 0.3) is 12.2 Å². The number of fused-ring (bicyclic) bond motifs is 2. The van der Waals surface area contributed by atoms with E-state index in [4.69, 9.17) is 5.14 Å². The molecule has 0 spiro atoms. The first kappa shape index (κ1) is 12.5. The lowest BCUT2D eigenvalue weighted by molar-refractivity contribution is 0.597. The van der Waals surface area contributed by atoms with Crippen molar-refractivity contribution in [1.82, 2.24) is 0 Å². The van der Waals surface area contributed by atoms with Gasteiger partial charge in [0.2, 0.25) is 10.0 Å². The number of hydrogen-bond acceptors (Lipinski definition) is 3. The molecule has 0 radical (unpaired) electrons. The largest absolute Gasteiger partial charge is 0.238 e. The first-order chi connectivity index (χ1) is 9.04. The Morgan fingerprint density at radius 1 is 0.895 bits per heavy atom. The predicted octanol–water partition coefficient (Wildman–Crippen LogP) is 2.97. The third kappa shape index (κ3) is 2.45. The van der Waals surface area contributed by atoms with Gasteiger partial charge in [0.05, 0.1) is 4.90 Å². The molecule has 0 aliphatic carbocycles. The molecular weight excluding hydrogens is 278 g/mol. The summed E-state index contributed by atoms with van der Waals surface area (Å²) >= 11 is 1.62. The van der Waals surface area contributed by atoms with Crippen LogP contribution in [0.1, 0.15) is 11.1 Å². The van der Waals surface area contributed by atoms with Gasteiger partial charge in [-0.15, -0.1) is 0 Å². The van der Waals surface area contributed by atoms with Gasteiger partial charge in [-0.05, 0) is 35.4 Å². The Bertz CT molecular complexity index is 780. The third-order valence-electron chi connectivity index (χ3n) is 2.89. The summed E-state index contributed by atoms with van der Waals surface area (Å²) in [5, 5.41) is 5.15. The van der Waals surface area contributed by atoms with E-state index in [2.05, 4.69) is 0 Å². The van der Waals surface area contributed by atoms with Crippen molar-refractivity contribution in [2.24, 2.45) is 5.14 Å². The third-order valence-corrected chi connectivity index (χ3v) is 4.99. The number of rotatable bonds is 1. The molecular formula is C14H11NO2S2. The van der Waals surface area contributed by atoms with E-state index < -0.39 is 10.0 Å². The molecule has 1 aliphatic heterocycles. The fourth-order valence-corrected chi connectivity index (χ4v) is 3.50. The molecule has 0 saturated carbocycles. The van der Waals surface area contributed by atoms with Crippen molar-refractivity contribution in [3.05, 3.63) is 53.6 Å². The smallest absolute Gasteiger partial charge is 0.225 e.